The molecule has 0 spiro atoms. The van der Waals surface area contributed by atoms with E-state index in [0.29, 0.717) is 5.82 Å². The SMILES string of the molecule is Cc1nn(C2CCCCO2)c2ccnc(N)c12. The van der Waals surface area contributed by atoms with Crippen molar-refractivity contribution in [2.45, 2.75) is 32.4 Å². The lowest BCUT2D eigenvalue weighted by Gasteiger charge is -2.23. The Labute approximate surface area is 99.6 Å². The number of hydrogen-bond donors (Lipinski definition) is 1. The molecule has 3 heterocycles. The van der Waals surface area contributed by atoms with Gasteiger partial charge in [0.1, 0.15) is 5.82 Å². The minimum atomic E-state index is 0.0433. The van der Waals surface area contributed by atoms with E-state index < -0.39 is 0 Å². The van der Waals surface area contributed by atoms with Gasteiger partial charge in [-0.15, -0.1) is 0 Å². The van der Waals surface area contributed by atoms with Gasteiger partial charge in [-0.1, -0.05) is 0 Å². The molecule has 1 atom stereocenters. The highest BCUT2D eigenvalue weighted by molar-refractivity contribution is 5.90. The summed E-state index contributed by atoms with van der Waals surface area (Å²) in [5.41, 5.74) is 7.83. The number of nitrogen functional groups attached to an aromatic ring is 1. The van der Waals surface area contributed by atoms with Crippen LogP contribution in [0.1, 0.15) is 31.2 Å². The normalized spacial score (nSPS) is 20.9. The molecule has 1 unspecified atom stereocenters. The molecule has 0 aromatic carbocycles. The van der Waals surface area contributed by atoms with Crippen molar-refractivity contribution in [2.75, 3.05) is 12.3 Å². The standard InChI is InChI=1S/C12H16N4O/c1-8-11-9(5-6-14-12(11)13)16(15-8)10-4-2-3-7-17-10/h5-6,10H,2-4,7H2,1H3,(H2,13,14). The summed E-state index contributed by atoms with van der Waals surface area (Å²) in [5.74, 6) is 0.544. The Morgan fingerprint density at radius 3 is 3.12 bits per heavy atom. The molecule has 0 amide bonds. The van der Waals surface area contributed by atoms with Gasteiger partial charge in [0.15, 0.2) is 6.23 Å². The highest BCUT2D eigenvalue weighted by atomic mass is 16.5. The molecular formula is C12H16N4O. The highest BCUT2D eigenvalue weighted by Gasteiger charge is 2.20. The quantitative estimate of drug-likeness (QED) is 0.816. The number of nitrogens with two attached hydrogens (primary N) is 1. The van der Waals surface area contributed by atoms with Crippen LogP contribution in [-0.2, 0) is 4.74 Å². The Bertz CT molecular complexity index is 543. The van der Waals surface area contributed by atoms with Crippen LogP contribution in [0.2, 0.25) is 0 Å². The zero-order chi connectivity index (χ0) is 11.8. The van der Waals surface area contributed by atoms with Crippen molar-refractivity contribution >= 4 is 16.7 Å². The fraction of sp³-hybridized carbons (Fsp3) is 0.500. The molecule has 0 aliphatic carbocycles. The molecule has 3 rings (SSSR count). The van der Waals surface area contributed by atoms with Crippen molar-refractivity contribution in [3.8, 4) is 0 Å². The van der Waals surface area contributed by atoms with Crippen LogP contribution in [0.3, 0.4) is 0 Å². The van der Waals surface area contributed by atoms with Gasteiger partial charge in [-0.3, -0.25) is 0 Å². The Morgan fingerprint density at radius 1 is 1.47 bits per heavy atom. The molecule has 2 aromatic rings. The van der Waals surface area contributed by atoms with Crippen LogP contribution < -0.4 is 5.73 Å². The Kier molecular flexibility index (Phi) is 2.48. The summed E-state index contributed by atoms with van der Waals surface area (Å²) in [7, 11) is 0. The van der Waals surface area contributed by atoms with E-state index in [1.807, 2.05) is 17.7 Å². The summed E-state index contributed by atoms with van der Waals surface area (Å²) in [6, 6.07) is 1.95. The zero-order valence-corrected chi connectivity index (χ0v) is 9.89. The third-order valence-corrected chi connectivity index (χ3v) is 3.25. The van der Waals surface area contributed by atoms with E-state index in [1.54, 1.807) is 6.20 Å². The summed E-state index contributed by atoms with van der Waals surface area (Å²) in [4.78, 5) is 4.11. The molecule has 90 valence electrons. The minimum absolute atomic E-state index is 0.0433. The Balaban J connectivity index is 2.13. The average Bonchev–Trinajstić information content (AvgIpc) is 2.69. The molecule has 1 fully saturated rings. The molecular weight excluding hydrogens is 216 g/mol. The van der Waals surface area contributed by atoms with Gasteiger partial charge < -0.3 is 10.5 Å². The number of anilines is 1. The van der Waals surface area contributed by atoms with Crippen molar-refractivity contribution in [1.29, 1.82) is 0 Å². The predicted octanol–water partition coefficient (Wildman–Crippen LogP) is 2.02. The van der Waals surface area contributed by atoms with Gasteiger partial charge in [-0.05, 0) is 32.3 Å². The maximum Gasteiger partial charge on any atom is 0.150 e. The molecule has 1 saturated heterocycles. The van der Waals surface area contributed by atoms with E-state index in [-0.39, 0.29) is 6.23 Å². The lowest BCUT2D eigenvalue weighted by molar-refractivity contribution is -0.0368. The van der Waals surface area contributed by atoms with E-state index in [4.69, 9.17) is 10.5 Å². The van der Waals surface area contributed by atoms with E-state index in [1.165, 1.54) is 6.42 Å². The van der Waals surface area contributed by atoms with Gasteiger partial charge in [-0.25, -0.2) is 9.67 Å². The second-order valence-corrected chi connectivity index (χ2v) is 4.44. The van der Waals surface area contributed by atoms with Gasteiger partial charge >= 0.3 is 0 Å². The van der Waals surface area contributed by atoms with Crippen LogP contribution in [0.25, 0.3) is 10.9 Å². The van der Waals surface area contributed by atoms with Crippen LogP contribution >= 0.6 is 0 Å². The maximum atomic E-state index is 5.89. The number of nitrogens with zero attached hydrogens (tertiary/aromatic N) is 3. The monoisotopic (exact) mass is 232 g/mol. The molecule has 1 aliphatic rings. The number of pyridine rings is 1. The van der Waals surface area contributed by atoms with Gasteiger partial charge in [-0.2, -0.15) is 5.10 Å². The first kappa shape index (κ1) is 10.5. The molecule has 0 radical (unpaired) electrons. The van der Waals surface area contributed by atoms with Gasteiger partial charge in [0, 0.05) is 12.8 Å². The second-order valence-electron chi connectivity index (χ2n) is 4.44. The minimum Gasteiger partial charge on any atom is -0.383 e. The summed E-state index contributed by atoms with van der Waals surface area (Å²) in [5, 5.41) is 5.49. The molecule has 5 nitrogen and oxygen atoms in total. The van der Waals surface area contributed by atoms with Crippen molar-refractivity contribution < 1.29 is 4.74 Å². The fourth-order valence-corrected chi connectivity index (χ4v) is 2.43. The van der Waals surface area contributed by atoms with E-state index in [9.17, 15) is 0 Å². The molecule has 5 heteroatoms. The zero-order valence-electron chi connectivity index (χ0n) is 9.89. The lowest BCUT2D eigenvalue weighted by Crippen LogP contribution is -2.19. The van der Waals surface area contributed by atoms with Crippen molar-refractivity contribution in [1.82, 2.24) is 14.8 Å². The smallest absolute Gasteiger partial charge is 0.150 e. The van der Waals surface area contributed by atoms with Gasteiger partial charge in [0.2, 0.25) is 0 Å². The number of rotatable bonds is 1. The first-order valence-electron chi connectivity index (χ1n) is 5.98. The van der Waals surface area contributed by atoms with Gasteiger partial charge in [0.25, 0.3) is 0 Å². The molecule has 0 bridgehead atoms. The number of fused-ring (bicyclic) bond motifs is 1. The third kappa shape index (κ3) is 1.67. The second kappa shape index (κ2) is 4.00. The topological polar surface area (TPSA) is 66.0 Å². The summed E-state index contributed by atoms with van der Waals surface area (Å²) in [6.07, 6.45) is 5.10. The van der Waals surface area contributed by atoms with E-state index >= 15 is 0 Å². The molecule has 17 heavy (non-hydrogen) atoms. The fourth-order valence-electron chi connectivity index (χ4n) is 2.43. The predicted molar refractivity (Wildman–Crippen MR) is 65.5 cm³/mol. The van der Waals surface area contributed by atoms with Crippen LogP contribution in [0, 0.1) is 6.92 Å². The summed E-state index contributed by atoms with van der Waals surface area (Å²) >= 11 is 0. The Hall–Kier alpha value is -1.62. The third-order valence-electron chi connectivity index (χ3n) is 3.25. The highest BCUT2D eigenvalue weighted by Crippen LogP contribution is 2.29. The molecule has 2 aromatic heterocycles. The molecule has 0 saturated carbocycles. The van der Waals surface area contributed by atoms with Crippen molar-refractivity contribution in [3.05, 3.63) is 18.0 Å². The first-order valence-corrected chi connectivity index (χ1v) is 5.98. The van der Waals surface area contributed by atoms with Crippen LogP contribution in [0.4, 0.5) is 5.82 Å². The number of aromatic nitrogens is 3. The van der Waals surface area contributed by atoms with Gasteiger partial charge in [0.05, 0.1) is 16.6 Å². The van der Waals surface area contributed by atoms with E-state index in [2.05, 4.69) is 10.1 Å². The average molecular weight is 232 g/mol. The van der Waals surface area contributed by atoms with Crippen LogP contribution in [0.5, 0.6) is 0 Å². The summed E-state index contributed by atoms with van der Waals surface area (Å²) < 4.78 is 7.71. The largest absolute Gasteiger partial charge is 0.383 e. The lowest BCUT2D eigenvalue weighted by atomic mass is 10.2. The molecule has 1 aliphatic heterocycles. The first-order chi connectivity index (χ1) is 8.27. The summed E-state index contributed by atoms with van der Waals surface area (Å²) in [6.45, 7) is 2.77. The van der Waals surface area contributed by atoms with Crippen LogP contribution in [0.15, 0.2) is 12.3 Å². The number of hydrogen-bond acceptors (Lipinski definition) is 4. The van der Waals surface area contributed by atoms with E-state index in [0.717, 1.165) is 36.0 Å². The Morgan fingerprint density at radius 2 is 2.35 bits per heavy atom. The number of aryl methyl sites for hydroxylation is 1. The maximum absolute atomic E-state index is 5.89. The molecule has 2 N–H and O–H groups in total. The number of ether oxygens (including phenoxy) is 1. The van der Waals surface area contributed by atoms with Crippen molar-refractivity contribution in [3.63, 3.8) is 0 Å². The van der Waals surface area contributed by atoms with Crippen LogP contribution in [-0.4, -0.2) is 21.4 Å². The van der Waals surface area contributed by atoms with Crippen molar-refractivity contribution in [2.24, 2.45) is 0 Å².